The highest BCUT2D eigenvalue weighted by molar-refractivity contribution is 5.96. The summed E-state index contributed by atoms with van der Waals surface area (Å²) in [6.07, 6.45) is -0.991. The molecule has 0 saturated carbocycles. The minimum atomic E-state index is -0.991. The van der Waals surface area contributed by atoms with Gasteiger partial charge in [0.25, 0.3) is 5.91 Å². The second kappa shape index (κ2) is 7.37. The van der Waals surface area contributed by atoms with Crippen LogP contribution in [0.4, 0.5) is 9.18 Å². The van der Waals surface area contributed by atoms with E-state index in [2.05, 4.69) is 10.6 Å². The molecule has 7 heteroatoms. The molecule has 0 radical (unpaired) electrons. The summed E-state index contributed by atoms with van der Waals surface area (Å²) in [4.78, 5) is 33.9. The third kappa shape index (κ3) is 4.87. The standard InChI is InChI=1S/C14H17FN2O4/c1-4-16-14(20)17-13(19)9(3)21-10-5-6-11(8(2)18)12(15)7-10/h5-7,9H,4H2,1-3H3,(H2,16,17,19,20). The van der Waals surface area contributed by atoms with Gasteiger partial charge in [-0.2, -0.15) is 0 Å². The van der Waals surface area contributed by atoms with E-state index in [0.717, 1.165) is 6.07 Å². The molecular formula is C14H17FN2O4. The smallest absolute Gasteiger partial charge is 0.321 e. The van der Waals surface area contributed by atoms with Gasteiger partial charge in [0.05, 0.1) is 5.56 Å². The minimum Gasteiger partial charge on any atom is -0.481 e. The van der Waals surface area contributed by atoms with Crippen LogP contribution >= 0.6 is 0 Å². The van der Waals surface area contributed by atoms with Crippen molar-refractivity contribution in [1.82, 2.24) is 10.6 Å². The van der Waals surface area contributed by atoms with Crippen LogP contribution in [0.5, 0.6) is 5.75 Å². The summed E-state index contributed by atoms with van der Waals surface area (Å²) < 4.78 is 18.8. The van der Waals surface area contributed by atoms with Gasteiger partial charge in [0.2, 0.25) is 0 Å². The molecule has 1 rings (SSSR count). The first kappa shape index (κ1) is 16.6. The van der Waals surface area contributed by atoms with Crippen LogP contribution < -0.4 is 15.4 Å². The highest BCUT2D eigenvalue weighted by Crippen LogP contribution is 2.18. The lowest BCUT2D eigenvalue weighted by atomic mass is 10.1. The van der Waals surface area contributed by atoms with Crippen LogP contribution in [0.25, 0.3) is 0 Å². The summed E-state index contributed by atoms with van der Waals surface area (Å²) in [7, 11) is 0. The van der Waals surface area contributed by atoms with Gasteiger partial charge in [-0.1, -0.05) is 0 Å². The van der Waals surface area contributed by atoms with Crippen LogP contribution in [0, 0.1) is 5.82 Å². The van der Waals surface area contributed by atoms with E-state index in [1.807, 2.05) is 0 Å². The second-order valence-corrected chi connectivity index (χ2v) is 4.31. The van der Waals surface area contributed by atoms with Gasteiger partial charge in [-0.15, -0.1) is 0 Å². The molecule has 0 saturated heterocycles. The molecule has 0 spiro atoms. The summed E-state index contributed by atoms with van der Waals surface area (Å²) in [6.45, 7) is 4.77. The van der Waals surface area contributed by atoms with Crippen molar-refractivity contribution in [1.29, 1.82) is 0 Å². The van der Waals surface area contributed by atoms with Gasteiger partial charge in [-0.05, 0) is 32.9 Å². The Hall–Kier alpha value is -2.44. The maximum Gasteiger partial charge on any atom is 0.321 e. The number of Topliss-reactive ketones (excluding diaryl/α,β-unsaturated/α-hetero) is 1. The summed E-state index contributed by atoms with van der Waals surface area (Å²) >= 11 is 0. The SMILES string of the molecule is CCNC(=O)NC(=O)C(C)Oc1ccc(C(C)=O)c(F)c1. The lowest BCUT2D eigenvalue weighted by Crippen LogP contribution is -2.45. The van der Waals surface area contributed by atoms with Crippen LogP contribution in [-0.2, 0) is 4.79 Å². The molecule has 1 aromatic carbocycles. The number of hydrogen-bond donors (Lipinski definition) is 2. The van der Waals surface area contributed by atoms with Gasteiger partial charge in [-0.3, -0.25) is 14.9 Å². The number of ketones is 1. The molecule has 0 aliphatic rings. The van der Waals surface area contributed by atoms with Crippen molar-refractivity contribution in [2.24, 2.45) is 0 Å². The van der Waals surface area contributed by atoms with Crippen LogP contribution in [0.1, 0.15) is 31.1 Å². The Morgan fingerprint density at radius 2 is 2.00 bits per heavy atom. The Bertz CT molecular complexity index is 560. The number of rotatable bonds is 5. The molecule has 0 heterocycles. The number of ether oxygens (including phenoxy) is 1. The molecule has 3 amide bonds. The Labute approximate surface area is 121 Å². The van der Waals surface area contributed by atoms with E-state index in [1.165, 1.54) is 26.0 Å². The Kier molecular flexibility index (Phi) is 5.83. The molecule has 1 unspecified atom stereocenters. The normalized spacial score (nSPS) is 11.4. The maximum absolute atomic E-state index is 13.6. The van der Waals surface area contributed by atoms with Crippen LogP contribution in [0.2, 0.25) is 0 Å². The molecule has 1 atom stereocenters. The number of carbonyl (C=O) groups is 3. The van der Waals surface area contributed by atoms with Crippen LogP contribution in [-0.4, -0.2) is 30.4 Å². The molecule has 0 aromatic heterocycles. The molecule has 0 aliphatic heterocycles. The third-order valence-electron chi connectivity index (χ3n) is 2.58. The largest absolute Gasteiger partial charge is 0.481 e. The number of benzene rings is 1. The van der Waals surface area contributed by atoms with Gasteiger partial charge in [0.15, 0.2) is 11.9 Å². The van der Waals surface area contributed by atoms with E-state index in [9.17, 15) is 18.8 Å². The van der Waals surface area contributed by atoms with E-state index in [4.69, 9.17) is 4.74 Å². The number of halogens is 1. The number of hydrogen-bond acceptors (Lipinski definition) is 4. The van der Waals surface area contributed by atoms with E-state index < -0.39 is 29.6 Å². The van der Waals surface area contributed by atoms with Gasteiger partial charge in [0, 0.05) is 12.6 Å². The number of imide groups is 1. The quantitative estimate of drug-likeness (QED) is 0.809. The third-order valence-corrected chi connectivity index (χ3v) is 2.58. The summed E-state index contributed by atoms with van der Waals surface area (Å²) in [5.74, 6) is -1.69. The van der Waals surface area contributed by atoms with Crippen molar-refractivity contribution in [3.63, 3.8) is 0 Å². The Morgan fingerprint density at radius 3 is 2.52 bits per heavy atom. The van der Waals surface area contributed by atoms with Crippen LogP contribution in [0.15, 0.2) is 18.2 Å². The minimum absolute atomic E-state index is 0.0539. The zero-order chi connectivity index (χ0) is 16.0. The lowest BCUT2D eigenvalue weighted by Gasteiger charge is -2.14. The first-order chi connectivity index (χ1) is 9.85. The number of urea groups is 1. The van der Waals surface area contributed by atoms with Gasteiger partial charge >= 0.3 is 6.03 Å². The lowest BCUT2D eigenvalue weighted by molar-refractivity contribution is -0.126. The Balaban J connectivity index is 2.68. The fourth-order valence-electron chi connectivity index (χ4n) is 1.53. The zero-order valence-corrected chi connectivity index (χ0v) is 12.0. The molecule has 21 heavy (non-hydrogen) atoms. The first-order valence-corrected chi connectivity index (χ1v) is 6.41. The van der Waals surface area contributed by atoms with Crippen molar-refractivity contribution in [2.75, 3.05) is 6.54 Å². The number of amides is 3. The molecule has 0 aliphatic carbocycles. The van der Waals surface area contributed by atoms with E-state index in [1.54, 1.807) is 6.92 Å². The number of carbonyl (C=O) groups excluding carboxylic acids is 3. The predicted octanol–water partition coefficient (Wildman–Crippen LogP) is 1.64. The predicted molar refractivity (Wildman–Crippen MR) is 73.7 cm³/mol. The van der Waals surface area contributed by atoms with Gasteiger partial charge in [0.1, 0.15) is 11.6 Å². The van der Waals surface area contributed by atoms with Crippen molar-refractivity contribution in [3.05, 3.63) is 29.6 Å². The average molecular weight is 296 g/mol. The molecule has 0 bridgehead atoms. The van der Waals surface area contributed by atoms with Crippen molar-refractivity contribution in [3.8, 4) is 5.75 Å². The van der Waals surface area contributed by atoms with Gasteiger partial charge < -0.3 is 10.1 Å². The summed E-state index contributed by atoms with van der Waals surface area (Å²) in [5, 5.41) is 4.48. The van der Waals surface area contributed by atoms with E-state index >= 15 is 0 Å². The monoisotopic (exact) mass is 296 g/mol. The van der Waals surface area contributed by atoms with Gasteiger partial charge in [-0.25, -0.2) is 9.18 Å². The molecule has 114 valence electrons. The van der Waals surface area contributed by atoms with Crippen molar-refractivity contribution in [2.45, 2.75) is 26.9 Å². The van der Waals surface area contributed by atoms with Crippen molar-refractivity contribution < 1.29 is 23.5 Å². The van der Waals surface area contributed by atoms with E-state index in [-0.39, 0.29) is 11.3 Å². The van der Waals surface area contributed by atoms with Crippen molar-refractivity contribution >= 4 is 17.7 Å². The molecule has 0 fully saturated rings. The maximum atomic E-state index is 13.6. The first-order valence-electron chi connectivity index (χ1n) is 6.41. The topological polar surface area (TPSA) is 84.5 Å². The van der Waals surface area contributed by atoms with E-state index in [0.29, 0.717) is 6.54 Å². The molecule has 6 nitrogen and oxygen atoms in total. The summed E-state index contributed by atoms with van der Waals surface area (Å²) in [6, 6.07) is 3.06. The Morgan fingerprint density at radius 1 is 1.33 bits per heavy atom. The fourth-order valence-corrected chi connectivity index (χ4v) is 1.53. The molecular weight excluding hydrogens is 279 g/mol. The fraction of sp³-hybridized carbons (Fsp3) is 0.357. The highest BCUT2D eigenvalue weighted by atomic mass is 19.1. The van der Waals surface area contributed by atoms with Crippen LogP contribution in [0.3, 0.4) is 0 Å². The zero-order valence-electron chi connectivity index (χ0n) is 12.0. The molecule has 1 aromatic rings. The second-order valence-electron chi connectivity index (χ2n) is 4.31. The molecule has 2 N–H and O–H groups in total. The number of nitrogens with one attached hydrogen (secondary N) is 2. The average Bonchev–Trinajstić information content (AvgIpc) is 2.38. The summed E-state index contributed by atoms with van der Waals surface area (Å²) in [5.41, 5.74) is -0.0539. The highest BCUT2D eigenvalue weighted by Gasteiger charge is 2.18.